The van der Waals surface area contributed by atoms with Crippen molar-refractivity contribution in [2.45, 2.75) is 25.3 Å². The lowest BCUT2D eigenvalue weighted by molar-refractivity contribution is -0.122. The molecule has 2 aromatic carbocycles. The molecule has 2 aliphatic rings. The van der Waals surface area contributed by atoms with E-state index in [1.54, 1.807) is 49.4 Å². The van der Waals surface area contributed by atoms with Gasteiger partial charge in [-0.1, -0.05) is 18.2 Å². The Balaban J connectivity index is 1.82. The number of likely N-dealkylation sites (N-methyl/N-ethyl adjacent to an activating group) is 1. The maximum absolute atomic E-state index is 13.9. The second-order valence-corrected chi connectivity index (χ2v) is 8.15. The number of benzene rings is 2. The van der Waals surface area contributed by atoms with Crippen LogP contribution in [0.4, 0.5) is 5.69 Å². The van der Waals surface area contributed by atoms with Crippen LogP contribution in [-0.4, -0.2) is 69.1 Å². The summed E-state index contributed by atoms with van der Waals surface area (Å²) in [7, 11) is 3.17. The molecule has 0 saturated heterocycles. The van der Waals surface area contributed by atoms with Crippen molar-refractivity contribution in [1.29, 1.82) is 0 Å². The number of carbonyl (C=O) groups excluding carboxylic acids is 3. The minimum absolute atomic E-state index is 0.0563. The largest absolute Gasteiger partial charge is 0.493 e. The van der Waals surface area contributed by atoms with Crippen LogP contribution in [0.5, 0.6) is 5.75 Å². The molecule has 174 valence electrons. The number of hydrogen-bond donors (Lipinski definition) is 1. The molecule has 33 heavy (non-hydrogen) atoms. The van der Waals surface area contributed by atoms with Crippen LogP contribution < -0.4 is 15.0 Å². The van der Waals surface area contributed by atoms with Crippen LogP contribution in [0.3, 0.4) is 0 Å². The van der Waals surface area contributed by atoms with Crippen LogP contribution in [-0.2, 0) is 9.53 Å². The number of amides is 3. The van der Waals surface area contributed by atoms with Crippen molar-refractivity contribution in [3.05, 3.63) is 59.2 Å². The highest BCUT2D eigenvalue weighted by Crippen LogP contribution is 2.44. The second kappa shape index (κ2) is 9.62. The van der Waals surface area contributed by atoms with Crippen LogP contribution in [0.1, 0.15) is 45.5 Å². The molecule has 0 aromatic heterocycles. The fourth-order valence-corrected chi connectivity index (χ4v) is 4.82. The normalized spacial score (nSPS) is 19.2. The SMILES string of the molecule is CCOc1ccccc1C(=O)N1c2cccc3c2[C@@H](C[C@H]1C(=O)NC)CN(CCOC)C3=O. The average molecular weight is 452 g/mol. The van der Waals surface area contributed by atoms with Gasteiger partial charge in [0.25, 0.3) is 11.8 Å². The number of nitrogens with one attached hydrogen (secondary N) is 1. The van der Waals surface area contributed by atoms with E-state index in [2.05, 4.69) is 5.32 Å². The van der Waals surface area contributed by atoms with E-state index in [1.807, 2.05) is 19.1 Å². The summed E-state index contributed by atoms with van der Waals surface area (Å²) in [6.45, 7) is 3.67. The molecule has 1 N–H and O–H groups in total. The predicted molar refractivity (Wildman–Crippen MR) is 124 cm³/mol. The van der Waals surface area contributed by atoms with Crippen molar-refractivity contribution in [2.75, 3.05) is 45.4 Å². The molecular formula is C25H29N3O5. The summed E-state index contributed by atoms with van der Waals surface area (Å²) in [5.74, 6) is -0.239. The Labute approximate surface area is 193 Å². The summed E-state index contributed by atoms with van der Waals surface area (Å²) in [6.07, 6.45) is 0.420. The lowest BCUT2D eigenvalue weighted by Gasteiger charge is -2.44. The third kappa shape index (κ3) is 4.06. The Hall–Kier alpha value is -3.39. The first-order valence-corrected chi connectivity index (χ1v) is 11.2. The number of ether oxygens (including phenoxy) is 2. The van der Waals surface area contributed by atoms with E-state index in [1.165, 1.54) is 4.90 Å². The van der Waals surface area contributed by atoms with Crippen LogP contribution in [0.25, 0.3) is 0 Å². The minimum Gasteiger partial charge on any atom is -0.493 e. The van der Waals surface area contributed by atoms with Gasteiger partial charge in [-0.3, -0.25) is 19.3 Å². The maximum Gasteiger partial charge on any atom is 0.262 e. The van der Waals surface area contributed by atoms with E-state index in [-0.39, 0.29) is 23.6 Å². The number of hydrogen-bond acceptors (Lipinski definition) is 5. The van der Waals surface area contributed by atoms with Crippen molar-refractivity contribution in [1.82, 2.24) is 10.2 Å². The standard InChI is InChI=1S/C25H29N3O5/c1-4-33-21-11-6-5-8-17(21)25(31)28-19-10-7-9-18-22(19)16(14-20(28)23(29)26-2)15-27(24(18)30)12-13-32-3/h5-11,16,20H,4,12-15H2,1-3H3,(H,26,29)/t16-,20-/m0/s1. The summed E-state index contributed by atoms with van der Waals surface area (Å²) < 4.78 is 10.9. The molecule has 0 fully saturated rings. The Morgan fingerprint density at radius 1 is 1.15 bits per heavy atom. The number of para-hydroxylation sites is 1. The monoisotopic (exact) mass is 451 g/mol. The van der Waals surface area contributed by atoms with Gasteiger partial charge in [-0.05, 0) is 43.2 Å². The van der Waals surface area contributed by atoms with Gasteiger partial charge in [0.2, 0.25) is 5.91 Å². The zero-order chi connectivity index (χ0) is 23.5. The molecule has 0 unspecified atom stereocenters. The third-order valence-electron chi connectivity index (χ3n) is 6.28. The highest BCUT2D eigenvalue weighted by molar-refractivity contribution is 6.13. The van der Waals surface area contributed by atoms with Crippen molar-refractivity contribution in [3.8, 4) is 5.75 Å². The second-order valence-electron chi connectivity index (χ2n) is 8.15. The fraction of sp³-hybridized carbons (Fsp3) is 0.400. The Bertz CT molecular complexity index is 1070. The average Bonchev–Trinajstić information content (AvgIpc) is 2.84. The third-order valence-corrected chi connectivity index (χ3v) is 6.28. The summed E-state index contributed by atoms with van der Waals surface area (Å²) >= 11 is 0. The van der Waals surface area contributed by atoms with Gasteiger partial charge in [0.05, 0.1) is 18.8 Å². The molecule has 2 aromatic rings. The minimum atomic E-state index is -0.706. The molecule has 0 spiro atoms. The van der Waals surface area contributed by atoms with Gasteiger partial charge in [-0.2, -0.15) is 0 Å². The Morgan fingerprint density at radius 2 is 1.94 bits per heavy atom. The topological polar surface area (TPSA) is 88.2 Å². The molecule has 4 rings (SSSR count). The molecule has 3 amide bonds. The maximum atomic E-state index is 13.9. The van der Waals surface area contributed by atoms with Crippen LogP contribution >= 0.6 is 0 Å². The lowest BCUT2D eigenvalue weighted by Crippen LogP contribution is -2.55. The molecule has 2 aliphatic heterocycles. The Morgan fingerprint density at radius 3 is 2.67 bits per heavy atom. The van der Waals surface area contributed by atoms with Crippen molar-refractivity contribution < 1.29 is 23.9 Å². The molecule has 8 heteroatoms. The molecule has 8 nitrogen and oxygen atoms in total. The molecule has 2 atom stereocenters. The number of methoxy groups -OCH3 is 1. The summed E-state index contributed by atoms with van der Waals surface area (Å²) in [5, 5.41) is 2.71. The quantitative estimate of drug-likeness (QED) is 0.699. The molecular weight excluding hydrogens is 422 g/mol. The van der Waals surface area contributed by atoms with Gasteiger partial charge in [-0.15, -0.1) is 0 Å². The number of carbonyl (C=O) groups is 3. The first-order chi connectivity index (χ1) is 16.0. The highest BCUT2D eigenvalue weighted by atomic mass is 16.5. The van der Waals surface area contributed by atoms with Gasteiger partial charge < -0.3 is 19.7 Å². The summed E-state index contributed by atoms with van der Waals surface area (Å²) in [5.41, 5.74) is 2.39. The van der Waals surface area contributed by atoms with Crippen molar-refractivity contribution in [3.63, 3.8) is 0 Å². The summed E-state index contributed by atoms with van der Waals surface area (Å²) in [4.78, 5) is 43.3. The van der Waals surface area contributed by atoms with E-state index in [9.17, 15) is 14.4 Å². The van der Waals surface area contributed by atoms with E-state index >= 15 is 0 Å². The van der Waals surface area contributed by atoms with Gasteiger partial charge in [0.1, 0.15) is 11.8 Å². The number of nitrogens with zero attached hydrogens (tertiary/aromatic N) is 2. The predicted octanol–water partition coefficient (Wildman–Crippen LogP) is 2.44. The van der Waals surface area contributed by atoms with Gasteiger partial charge in [-0.25, -0.2) is 0 Å². The smallest absolute Gasteiger partial charge is 0.262 e. The van der Waals surface area contributed by atoms with Crippen LogP contribution in [0.2, 0.25) is 0 Å². The van der Waals surface area contributed by atoms with Gasteiger partial charge in [0, 0.05) is 44.4 Å². The lowest BCUT2D eigenvalue weighted by atomic mass is 9.79. The van der Waals surface area contributed by atoms with E-state index in [0.29, 0.717) is 55.3 Å². The van der Waals surface area contributed by atoms with Crippen LogP contribution in [0, 0.1) is 0 Å². The Kier molecular flexibility index (Phi) is 6.65. The molecule has 2 heterocycles. The van der Waals surface area contributed by atoms with Crippen molar-refractivity contribution >= 4 is 23.4 Å². The van der Waals surface area contributed by atoms with E-state index in [4.69, 9.17) is 9.47 Å². The highest BCUT2D eigenvalue weighted by Gasteiger charge is 2.45. The first kappa shape index (κ1) is 22.8. The number of anilines is 1. The van der Waals surface area contributed by atoms with Gasteiger partial charge >= 0.3 is 0 Å². The van der Waals surface area contributed by atoms with E-state index < -0.39 is 6.04 Å². The molecule has 0 saturated carbocycles. The van der Waals surface area contributed by atoms with Crippen molar-refractivity contribution in [2.24, 2.45) is 0 Å². The van der Waals surface area contributed by atoms with E-state index in [0.717, 1.165) is 5.56 Å². The number of rotatable bonds is 7. The zero-order valence-corrected chi connectivity index (χ0v) is 19.2. The molecule has 0 radical (unpaired) electrons. The summed E-state index contributed by atoms with van der Waals surface area (Å²) in [6, 6.07) is 11.7. The van der Waals surface area contributed by atoms with Gasteiger partial charge in [0.15, 0.2) is 0 Å². The van der Waals surface area contributed by atoms with Crippen LogP contribution in [0.15, 0.2) is 42.5 Å². The fourth-order valence-electron chi connectivity index (χ4n) is 4.82. The molecule has 0 bridgehead atoms. The molecule has 0 aliphatic carbocycles. The zero-order valence-electron chi connectivity index (χ0n) is 19.2. The first-order valence-electron chi connectivity index (χ1n) is 11.2.